The third-order valence-electron chi connectivity index (χ3n) is 2.10. The van der Waals surface area contributed by atoms with E-state index in [0.29, 0.717) is 19.5 Å². The topological polar surface area (TPSA) is 47.3 Å². The molecule has 0 saturated heterocycles. The van der Waals surface area contributed by atoms with E-state index in [4.69, 9.17) is 5.26 Å². The second-order valence-corrected chi connectivity index (χ2v) is 3.54. The molecule has 1 unspecified atom stereocenters. The summed E-state index contributed by atoms with van der Waals surface area (Å²) in [6.45, 7) is 2.97. The van der Waals surface area contributed by atoms with Crippen LogP contribution in [0.25, 0.3) is 0 Å². The molecule has 0 bridgehead atoms. The first-order valence-electron chi connectivity index (χ1n) is 5.09. The molecule has 0 aliphatic heterocycles. The summed E-state index contributed by atoms with van der Waals surface area (Å²) in [6.07, 6.45) is 0.0885. The Balaban J connectivity index is 2.68. The zero-order valence-electron chi connectivity index (χ0n) is 8.93. The maximum absolute atomic E-state index is 9.36. The van der Waals surface area contributed by atoms with Crippen molar-refractivity contribution in [3.05, 3.63) is 30.3 Å². The number of para-hydroxylation sites is 1. The molecule has 80 valence electrons. The first-order chi connectivity index (χ1) is 7.24. The predicted molar refractivity (Wildman–Crippen MR) is 60.6 cm³/mol. The molecule has 0 radical (unpaired) electrons. The van der Waals surface area contributed by atoms with Gasteiger partial charge in [0.1, 0.15) is 0 Å². The molecule has 0 heterocycles. The molecule has 1 N–H and O–H groups in total. The molecule has 1 aromatic rings. The third-order valence-corrected chi connectivity index (χ3v) is 2.10. The minimum absolute atomic E-state index is 0.385. The highest BCUT2D eigenvalue weighted by atomic mass is 16.3. The van der Waals surface area contributed by atoms with Crippen molar-refractivity contribution >= 4 is 5.69 Å². The molecule has 0 aliphatic carbocycles. The Morgan fingerprint density at radius 3 is 2.60 bits per heavy atom. The lowest BCUT2D eigenvalue weighted by molar-refractivity contribution is 0.200. The van der Waals surface area contributed by atoms with Crippen LogP contribution in [0.1, 0.15) is 13.3 Å². The van der Waals surface area contributed by atoms with Crippen LogP contribution in [0.15, 0.2) is 30.3 Å². The fourth-order valence-electron chi connectivity index (χ4n) is 1.47. The van der Waals surface area contributed by atoms with Gasteiger partial charge in [-0.1, -0.05) is 18.2 Å². The molecule has 1 aromatic carbocycles. The zero-order valence-corrected chi connectivity index (χ0v) is 8.93. The van der Waals surface area contributed by atoms with Gasteiger partial charge in [0.25, 0.3) is 0 Å². The lowest BCUT2D eigenvalue weighted by Crippen LogP contribution is -2.31. The molecular formula is C12H16N2O. The number of rotatable bonds is 5. The summed E-state index contributed by atoms with van der Waals surface area (Å²) < 4.78 is 0. The van der Waals surface area contributed by atoms with E-state index in [9.17, 15) is 5.11 Å². The van der Waals surface area contributed by atoms with Crippen molar-refractivity contribution in [2.24, 2.45) is 0 Å². The molecule has 0 aromatic heterocycles. The second-order valence-electron chi connectivity index (χ2n) is 3.54. The van der Waals surface area contributed by atoms with Crippen LogP contribution in [0.2, 0.25) is 0 Å². The summed E-state index contributed by atoms with van der Waals surface area (Å²) in [5.41, 5.74) is 1.05. The van der Waals surface area contributed by atoms with Gasteiger partial charge in [0.2, 0.25) is 0 Å². The number of aliphatic hydroxyl groups is 1. The van der Waals surface area contributed by atoms with Gasteiger partial charge in [0.05, 0.1) is 18.6 Å². The number of aliphatic hydroxyl groups excluding tert-OH is 1. The van der Waals surface area contributed by atoms with Crippen LogP contribution in [0.4, 0.5) is 5.69 Å². The number of anilines is 1. The minimum Gasteiger partial charge on any atom is -0.392 e. The highest BCUT2D eigenvalue weighted by Crippen LogP contribution is 2.13. The number of hydrogen-bond donors (Lipinski definition) is 1. The summed E-state index contributed by atoms with van der Waals surface area (Å²) in [5.74, 6) is 0. The van der Waals surface area contributed by atoms with Gasteiger partial charge in [-0.3, -0.25) is 0 Å². The molecule has 3 nitrogen and oxygen atoms in total. The highest BCUT2D eigenvalue weighted by molar-refractivity contribution is 5.46. The van der Waals surface area contributed by atoms with Gasteiger partial charge in [-0.25, -0.2) is 0 Å². The average Bonchev–Trinajstić information content (AvgIpc) is 2.25. The molecule has 3 heteroatoms. The second kappa shape index (κ2) is 6.05. The van der Waals surface area contributed by atoms with Crippen LogP contribution < -0.4 is 4.90 Å². The van der Waals surface area contributed by atoms with E-state index in [1.54, 1.807) is 6.92 Å². The average molecular weight is 204 g/mol. The zero-order chi connectivity index (χ0) is 11.1. The van der Waals surface area contributed by atoms with Crippen molar-refractivity contribution in [3.8, 4) is 6.07 Å². The summed E-state index contributed by atoms with van der Waals surface area (Å²) in [4.78, 5) is 2.02. The van der Waals surface area contributed by atoms with Crippen LogP contribution in [0.3, 0.4) is 0 Å². The Morgan fingerprint density at radius 2 is 2.07 bits per heavy atom. The third kappa shape index (κ3) is 4.01. The van der Waals surface area contributed by atoms with Crippen molar-refractivity contribution in [1.29, 1.82) is 5.26 Å². The highest BCUT2D eigenvalue weighted by Gasteiger charge is 2.08. The normalized spacial score (nSPS) is 11.8. The van der Waals surface area contributed by atoms with E-state index >= 15 is 0 Å². The molecule has 0 saturated carbocycles. The van der Waals surface area contributed by atoms with Crippen LogP contribution in [0, 0.1) is 11.3 Å². The summed E-state index contributed by atoms with van der Waals surface area (Å²) in [6, 6.07) is 12.0. The molecular weight excluding hydrogens is 188 g/mol. The maximum Gasteiger partial charge on any atom is 0.0687 e. The van der Waals surface area contributed by atoms with Crippen LogP contribution in [-0.2, 0) is 0 Å². The van der Waals surface area contributed by atoms with Crippen LogP contribution in [-0.4, -0.2) is 24.3 Å². The number of nitrogens with zero attached hydrogens (tertiary/aromatic N) is 2. The molecule has 1 atom stereocenters. The van der Waals surface area contributed by atoms with Gasteiger partial charge in [0.15, 0.2) is 0 Å². The Morgan fingerprint density at radius 1 is 1.40 bits per heavy atom. The van der Waals surface area contributed by atoms with Gasteiger partial charge in [-0.15, -0.1) is 0 Å². The van der Waals surface area contributed by atoms with Crippen LogP contribution in [0.5, 0.6) is 0 Å². The quantitative estimate of drug-likeness (QED) is 0.795. The van der Waals surface area contributed by atoms with Crippen LogP contribution >= 0.6 is 0 Å². The molecule has 1 rings (SSSR count). The van der Waals surface area contributed by atoms with E-state index in [-0.39, 0.29) is 6.10 Å². The molecule has 0 amide bonds. The first-order valence-corrected chi connectivity index (χ1v) is 5.09. The van der Waals surface area contributed by atoms with Crippen molar-refractivity contribution < 1.29 is 5.11 Å². The summed E-state index contributed by atoms with van der Waals surface area (Å²) in [5, 5.41) is 17.9. The van der Waals surface area contributed by atoms with E-state index in [0.717, 1.165) is 5.69 Å². The Labute approximate surface area is 90.6 Å². The van der Waals surface area contributed by atoms with E-state index in [1.165, 1.54) is 0 Å². The van der Waals surface area contributed by atoms with Gasteiger partial charge in [-0.2, -0.15) is 5.26 Å². The molecule has 0 fully saturated rings. The van der Waals surface area contributed by atoms with E-state index in [2.05, 4.69) is 6.07 Å². The Kier molecular flexibility index (Phi) is 4.65. The van der Waals surface area contributed by atoms with Crippen molar-refractivity contribution in [1.82, 2.24) is 0 Å². The van der Waals surface area contributed by atoms with Gasteiger partial charge >= 0.3 is 0 Å². The lowest BCUT2D eigenvalue weighted by atomic mass is 10.2. The summed E-state index contributed by atoms with van der Waals surface area (Å²) in [7, 11) is 0. The van der Waals surface area contributed by atoms with Gasteiger partial charge in [0, 0.05) is 18.8 Å². The molecule has 0 spiro atoms. The van der Waals surface area contributed by atoms with E-state index in [1.807, 2.05) is 35.2 Å². The smallest absolute Gasteiger partial charge is 0.0687 e. The Bertz CT molecular complexity index is 316. The minimum atomic E-state index is -0.385. The first kappa shape index (κ1) is 11.5. The fourth-order valence-corrected chi connectivity index (χ4v) is 1.47. The van der Waals surface area contributed by atoms with Gasteiger partial charge < -0.3 is 10.0 Å². The van der Waals surface area contributed by atoms with Crippen molar-refractivity contribution in [2.75, 3.05) is 18.0 Å². The monoisotopic (exact) mass is 204 g/mol. The number of hydrogen-bond acceptors (Lipinski definition) is 3. The Hall–Kier alpha value is -1.53. The largest absolute Gasteiger partial charge is 0.392 e. The number of benzene rings is 1. The standard InChI is InChI=1S/C12H16N2O/c1-11(15)10-14(9-5-8-13)12-6-3-2-4-7-12/h2-4,6-7,11,15H,5,9-10H2,1H3. The molecule has 0 aliphatic rings. The van der Waals surface area contributed by atoms with E-state index < -0.39 is 0 Å². The summed E-state index contributed by atoms with van der Waals surface area (Å²) >= 11 is 0. The SMILES string of the molecule is CC(O)CN(CCC#N)c1ccccc1. The molecule has 15 heavy (non-hydrogen) atoms. The maximum atomic E-state index is 9.36. The number of nitriles is 1. The van der Waals surface area contributed by atoms with Gasteiger partial charge in [-0.05, 0) is 19.1 Å². The fraction of sp³-hybridized carbons (Fsp3) is 0.417. The van der Waals surface area contributed by atoms with Crippen molar-refractivity contribution in [3.63, 3.8) is 0 Å². The van der Waals surface area contributed by atoms with Crippen molar-refractivity contribution in [2.45, 2.75) is 19.4 Å². The predicted octanol–water partition coefficient (Wildman–Crippen LogP) is 1.79. The lowest BCUT2D eigenvalue weighted by Gasteiger charge is -2.25.